The number of rotatable bonds is 17. The first kappa shape index (κ1) is 37.3. The Balaban J connectivity index is 0.842. The molecule has 2 saturated heterocycles. The van der Waals surface area contributed by atoms with Crippen LogP contribution in [-0.2, 0) is 38.3 Å². The van der Waals surface area contributed by atoms with Gasteiger partial charge in [0.15, 0.2) is 11.5 Å². The van der Waals surface area contributed by atoms with Gasteiger partial charge in [-0.2, -0.15) is 4.89 Å². The third-order valence-electron chi connectivity index (χ3n) is 9.78. The lowest BCUT2D eigenvalue weighted by Crippen LogP contribution is -2.31. The van der Waals surface area contributed by atoms with E-state index in [9.17, 15) is 33.2 Å². The molecule has 0 radical (unpaired) electrons. The lowest BCUT2D eigenvalue weighted by molar-refractivity contribution is -0.207. The number of halogens is 1. The molecule has 3 aliphatic rings. The zero-order valence-electron chi connectivity index (χ0n) is 29.0. The van der Waals surface area contributed by atoms with Crippen LogP contribution in [0.1, 0.15) is 103 Å². The predicted octanol–water partition coefficient (Wildman–Crippen LogP) is 7.12. The molecule has 276 valence electrons. The summed E-state index contributed by atoms with van der Waals surface area (Å²) in [6.45, 7) is 0.439. The summed E-state index contributed by atoms with van der Waals surface area (Å²) >= 11 is 0. The number of unbranched alkanes of at least 4 members (excludes halogenated alkanes) is 6. The summed E-state index contributed by atoms with van der Waals surface area (Å²) in [5, 5.41) is 0. The number of carbonyl (C=O) groups excluding carboxylic acids is 6. The molecule has 6 rings (SSSR count). The van der Waals surface area contributed by atoms with Crippen LogP contribution in [0.3, 0.4) is 0 Å². The number of ether oxygens (including phenoxy) is 3. The van der Waals surface area contributed by atoms with Crippen LogP contribution in [0.2, 0.25) is 0 Å². The van der Waals surface area contributed by atoms with Gasteiger partial charge in [0.25, 0.3) is 0 Å². The lowest BCUT2D eigenvalue weighted by atomic mass is 9.67. The van der Waals surface area contributed by atoms with Crippen molar-refractivity contribution in [2.45, 2.75) is 76.0 Å². The molecule has 0 bridgehead atoms. The maximum absolute atomic E-state index is 13.0. The average molecular weight is 727 g/mol. The van der Waals surface area contributed by atoms with Gasteiger partial charge in [-0.25, -0.2) is 4.39 Å². The Morgan fingerprint density at radius 2 is 1.40 bits per heavy atom. The van der Waals surface area contributed by atoms with E-state index < -0.39 is 59.3 Å². The van der Waals surface area contributed by atoms with Crippen LogP contribution in [0, 0.1) is 17.7 Å². The molecule has 0 saturated carbocycles. The number of ketones is 1. The SMILES string of the molecule is O=C1CC(C2CC3C(=O)OC(=O)C3c3cc(OC(=O)CCCCCCCCCOOc4ccc(C=CC(=O)c5ccc(F)cc5)cc4)ccc32)C(=O)O1. The molecular formula is C41H39FO11. The third-order valence-corrected chi connectivity index (χ3v) is 9.78. The van der Waals surface area contributed by atoms with Gasteiger partial charge in [0.05, 0.1) is 30.8 Å². The van der Waals surface area contributed by atoms with Crippen LogP contribution in [0.15, 0.2) is 72.8 Å². The van der Waals surface area contributed by atoms with E-state index in [1.165, 1.54) is 30.3 Å². The molecule has 11 nitrogen and oxygen atoms in total. The van der Waals surface area contributed by atoms with Gasteiger partial charge in [0.1, 0.15) is 11.6 Å². The largest absolute Gasteiger partial charge is 0.427 e. The van der Waals surface area contributed by atoms with E-state index in [-0.39, 0.29) is 30.8 Å². The minimum atomic E-state index is -0.859. The fourth-order valence-corrected chi connectivity index (χ4v) is 7.04. The number of esters is 5. The molecule has 0 amide bonds. The van der Waals surface area contributed by atoms with Crippen molar-refractivity contribution in [2.75, 3.05) is 6.61 Å². The van der Waals surface area contributed by atoms with Crippen LogP contribution in [0.4, 0.5) is 4.39 Å². The minimum absolute atomic E-state index is 0.102. The Morgan fingerprint density at radius 3 is 2.11 bits per heavy atom. The van der Waals surface area contributed by atoms with Gasteiger partial charge in [0, 0.05) is 12.0 Å². The van der Waals surface area contributed by atoms with E-state index in [4.69, 9.17) is 24.0 Å². The van der Waals surface area contributed by atoms with Crippen LogP contribution >= 0.6 is 0 Å². The number of carbonyl (C=O) groups is 6. The second-order valence-corrected chi connectivity index (χ2v) is 13.4. The van der Waals surface area contributed by atoms with Gasteiger partial charge in [-0.05, 0) is 96.5 Å². The Hall–Kier alpha value is -5.49. The van der Waals surface area contributed by atoms with E-state index in [0.717, 1.165) is 44.1 Å². The third kappa shape index (κ3) is 9.50. The Labute approximate surface area is 305 Å². The van der Waals surface area contributed by atoms with Gasteiger partial charge in [0.2, 0.25) is 0 Å². The van der Waals surface area contributed by atoms with Crippen LogP contribution in [0.25, 0.3) is 6.08 Å². The van der Waals surface area contributed by atoms with Crippen LogP contribution in [0.5, 0.6) is 11.5 Å². The van der Waals surface area contributed by atoms with Crippen molar-refractivity contribution in [3.63, 3.8) is 0 Å². The molecule has 0 spiro atoms. The lowest BCUT2D eigenvalue weighted by Gasteiger charge is -2.33. The predicted molar refractivity (Wildman–Crippen MR) is 186 cm³/mol. The van der Waals surface area contributed by atoms with E-state index in [1.54, 1.807) is 48.5 Å². The first-order chi connectivity index (χ1) is 25.7. The number of hydrogen-bond acceptors (Lipinski definition) is 11. The smallest absolute Gasteiger partial charge is 0.321 e. The molecule has 0 aromatic heterocycles. The van der Waals surface area contributed by atoms with Gasteiger partial charge >= 0.3 is 29.8 Å². The average Bonchev–Trinajstić information content (AvgIpc) is 3.64. The van der Waals surface area contributed by atoms with E-state index >= 15 is 0 Å². The van der Waals surface area contributed by atoms with Gasteiger partial charge in [-0.15, -0.1) is 0 Å². The maximum Gasteiger partial charge on any atom is 0.321 e. The van der Waals surface area contributed by atoms with Crippen molar-refractivity contribution in [3.8, 4) is 11.5 Å². The molecule has 3 aromatic carbocycles. The quantitative estimate of drug-likeness (QED) is 0.0205. The zero-order valence-corrected chi connectivity index (χ0v) is 29.0. The first-order valence-corrected chi connectivity index (χ1v) is 17.9. The molecule has 1 aliphatic carbocycles. The second-order valence-electron chi connectivity index (χ2n) is 13.4. The van der Waals surface area contributed by atoms with Crippen LogP contribution in [-0.4, -0.2) is 42.2 Å². The number of cyclic esters (lactones) is 4. The van der Waals surface area contributed by atoms with Crippen LogP contribution < -0.4 is 9.62 Å². The molecule has 2 heterocycles. The molecule has 12 heteroatoms. The highest BCUT2D eigenvalue weighted by Gasteiger charge is 2.54. The molecule has 2 fully saturated rings. The van der Waals surface area contributed by atoms with Crippen molar-refractivity contribution in [2.24, 2.45) is 11.8 Å². The summed E-state index contributed by atoms with van der Waals surface area (Å²) in [4.78, 5) is 84.7. The van der Waals surface area contributed by atoms with Gasteiger partial charge < -0.3 is 19.1 Å². The second kappa shape index (κ2) is 17.4. The number of fused-ring (bicyclic) bond motifs is 3. The highest BCUT2D eigenvalue weighted by molar-refractivity contribution is 6.06. The Kier molecular flexibility index (Phi) is 12.2. The molecule has 4 atom stereocenters. The van der Waals surface area contributed by atoms with Gasteiger partial charge in [-0.3, -0.25) is 28.8 Å². The molecule has 0 N–H and O–H groups in total. The van der Waals surface area contributed by atoms with E-state index in [1.807, 2.05) is 0 Å². The van der Waals surface area contributed by atoms with E-state index in [2.05, 4.69) is 0 Å². The minimum Gasteiger partial charge on any atom is -0.427 e. The van der Waals surface area contributed by atoms with E-state index in [0.29, 0.717) is 35.5 Å². The summed E-state index contributed by atoms with van der Waals surface area (Å²) in [5.74, 6) is -5.77. The molecular weight excluding hydrogens is 687 g/mol. The van der Waals surface area contributed by atoms with Gasteiger partial charge in [-0.1, -0.05) is 56.4 Å². The van der Waals surface area contributed by atoms with Crippen molar-refractivity contribution >= 4 is 41.7 Å². The summed E-state index contributed by atoms with van der Waals surface area (Å²) in [6.07, 6.45) is 9.72. The molecule has 2 aliphatic heterocycles. The van der Waals surface area contributed by atoms with Crippen molar-refractivity contribution in [1.82, 2.24) is 0 Å². The monoisotopic (exact) mass is 726 g/mol. The fourth-order valence-electron chi connectivity index (χ4n) is 7.04. The zero-order chi connectivity index (χ0) is 37.3. The summed E-state index contributed by atoms with van der Waals surface area (Å²) < 4.78 is 28.3. The summed E-state index contributed by atoms with van der Waals surface area (Å²) in [6, 6.07) is 17.3. The molecule has 3 aromatic rings. The molecule has 4 unspecified atom stereocenters. The van der Waals surface area contributed by atoms with Crippen molar-refractivity contribution in [3.05, 3.63) is 101 Å². The fraction of sp³-hybridized carbons (Fsp3) is 0.366. The Morgan fingerprint density at radius 1 is 0.717 bits per heavy atom. The van der Waals surface area contributed by atoms with Crippen molar-refractivity contribution < 1.29 is 57.1 Å². The first-order valence-electron chi connectivity index (χ1n) is 17.9. The summed E-state index contributed by atoms with van der Waals surface area (Å²) in [5.41, 5.74) is 2.33. The number of hydrogen-bond donors (Lipinski definition) is 0. The normalized spacial score (nSPS) is 20.5. The molecule has 53 heavy (non-hydrogen) atoms. The van der Waals surface area contributed by atoms with Crippen molar-refractivity contribution in [1.29, 1.82) is 0 Å². The number of benzene rings is 3. The number of allylic oxidation sites excluding steroid dienone is 1. The maximum atomic E-state index is 13.0. The topological polar surface area (TPSA) is 149 Å². The highest BCUT2D eigenvalue weighted by atomic mass is 19.1. The summed E-state index contributed by atoms with van der Waals surface area (Å²) in [7, 11) is 0. The standard InChI is InChI=1S/C41H39FO11/c42-27-14-12-26(13-15-27)35(43)20-11-25-9-16-28(17-10-25)53-49-21-7-5-3-1-2-4-6-8-36(44)50-29-18-19-30-31(33-24-37(45)51-39(33)46)23-34-38(32(30)22-29)41(48)52-40(34)47/h9-20,22,31,33-34,38H,1-8,21,23-24H2. The highest BCUT2D eigenvalue weighted by Crippen LogP contribution is 2.51. The Bertz CT molecular complexity index is 1880.